The zero-order chi connectivity index (χ0) is 21.9. The molecule has 1 N–H and O–H groups in total. The van der Waals surface area contributed by atoms with Gasteiger partial charge in [-0.3, -0.25) is 4.79 Å². The second-order valence-electron chi connectivity index (χ2n) is 7.07. The number of para-hydroxylation sites is 2. The average Bonchev–Trinajstić information content (AvgIpc) is 3.47. The number of aromatic nitrogens is 1. The molecular weight excluding hydrogens is 412 g/mol. The van der Waals surface area contributed by atoms with Crippen molar-refractivity contribution in [1.29, 1.82) is 0 Å². The van der Waals surface area contributed by atoms with Crippen LogP contribution in [0.3, 0.4) is 0 Å². The van der Waals surface area contributed by atoms with E-state index in [0.717, 1.165) is 5.56 Å². The van der Waals surface area contributed by atoms with Crippen LogP contribution in [-0.2, 0) is 16.1 Å². The quantitative estimate of drug-likeness (QED) is 0.466. The third-order valence-electron chi connectivity index (χ3n) is 4.93. The number of ether oxygens (including phenoxy) is 3. The first-order chi connectivity index (χ1) is 15.7. The number of nitrogens with zero attached hydrogens (tertiary/aromatic N) is 1. The number of hydrogen-bond donors (Lipinski definition) is 1. The standard InChI is InChI=1S/C24H18N2O6/c27-22(25-12-15-9-10-20-21(11-15)31-14-30-20)13-29-24(28)17-6-2-1-5-16(17)23-26-18-7-3-4-8-19(18)32-23/h1-11H,12-14H2,(H,25,27). The van der Waals surface area contributed by atoms with Gasteiger partial charge in [-0.15, -0.1) is 0 Å². The fourth-order valence-corrected chi connectivity index (χ4v) is 3.35. The lowest BCUT2D eigenvalue weighted by molar-refractivity contribution is -0.124. The van der Waals surface area contributed by atoms with Crippen LogP contribution in [0.4, 0.5) is 0 Å². The van der Waals surface area contributed by atoms with Crippen molar-refractivity contribution in [1.82, 2.24) is 10.3 Å². The number of nitrogens with one attached hydrogen (secondary N) is 1. The molecule has 2 heterocycles. The van der Waals surface area contributed by atoms with Crippen molar-refractivity contribution in [3.63, 3.8) is 0 Å². The van der Waals surface area contributed by atoms with E-state index in [1.165, 1.54) is 0 Å². The fraction of sp³-hybridized carbons (Fsp3) is 0.125. The van der Waals surface area contributed by atoms with Crippen molar-refractivity contribution in [2.45, 2.75) is 6.54 Å². The summed E-state index contributed by atoms with van der Waals surface area (Å²) in [7, 11) is 0. The van der Waals surface area contributed by atoms with E-state index in [9.17, 15) is 9.59 Å². The molecule has 1 amide bonds. The van der Waals surface area contributed by atoms with Gasteiger partial charge in [-0.1, -0.05) is 30.3 Å². The zero-order valence-corrected chi connectivity index (χ0v) is 16.9. The van der Waals surface area contributed by atoms with Crippen molar-refractivity contribution in [2.24, 2.45) is 0 Å². The first-order valence-electron chi connectivity index (χ1n) is 9.95. The van der Waals surface area contributed by atoms with E-state index in [1.807, 2.05) is 24.3 Å². The number of amides is 1. The van der Waals surface area contributed by atoms with Crippen molar-refractivity contribution in [3.05, 3.63) is 77.9 Å². The zero-order valence-electron chi connectivity index (χ0n) is 16.9. The molecule has 5 rings (SSSR count). The molecule has 0 radical (unpaired) electrons. The van der Waals surface area contributed by atoms with Gasteiger partial charge in [0.1, 0.15) is 5.52 Å². The van der Waals surface area contributed by atoms with Gasteiger partial charge in [0, 0.05) is 6.54 Å². The van der Waals surface area contributed by atoms with Crippen LogP contribution in [0.2, 0.25) is 0 Å². The molecule has 160 valence electrons. The lowest BCUT2D eigenvalue weighted by atomic mass is 10.1. The highest BCUT2D eigenvalue weighted by molar-refractivity contribution is 5.97. The summed E-state index contributed by atoms with van der Waals surface area (Å²) in [6.07, 6.45) is 0. The Morgan fingerprint density at radius 3 is 2.69 bits per heavy atom. The minimum Gasteiger partial charge on any atom is -0.454 e. The van der Waals surface area contributed by atoms with Gasteiger partial charge in [0.2, 0.25) is 12.7 Å². The highest BCUT2D eigenvalue weighted by Gasteiger charge is 2.19. The van der Waals surface area contributed by atoms with Crippen LogP contribution in [0.15, 0.2) is 71.1 Å². The second kappa shape index (κ2) is 8.43. The summed E-state index contributed by atoms with van der Waals surface area (Å²) in [4.78, 5) is 29.3. The predicted molar refractivity (Wildman–Crippen MR) is 114 cm³/mol. The van der Waals surface area contributed by atoms with Crippen molar-refractivity contribution >= 4 is 23.0 Å². The minimum atomic E-state index is -0.638. The van der Waals surface area contributed by atoms with Crippen LogP contribution < -0.4 is 14.8 Å². The Balaban J connectivity index is 1.22. The van der Waals surface area contributed by atoms with E-state index in [0.29, 0.717) is 34.1 Å². The SMILES string of the molecule is O=C(COC(=O)c1ccccc1-c1nc2ccccc2o1)NCc1ccc2c(c1)OCO2. The van der Waals surface area contributed by atoms with Gasteiger partial charge >= 0.3 is 5.97 Å². The average molecular weight is 430 g/mol. The molecule has 4 aromatic rings. The summed E-state index contributed by atoms with van der Waals surface area (Å²) in [5, 5.41) is 2.72. The molecule has 0 fully saturated rings. The molecule has 1 aromatic heterocycles. The summed E-state index contributed by atoms with van der Waals surface area (Å²) in [6.45, 7) is 0.0456. The van der Waals surface area contributed by atoms with Gasteiger partial charge in [-0.05, 0) is 42.0 Å². The molecule has 0 spiro atoms. The summed E-state index contributed by atoms with van der Waals surface area (Å²) in [5.41, 5.74) is 2.91. The van der Waals surface area contributed by atoms with Crippen LogP contribution in [0.5, 0.6) is 11.5 Å². The normalized spacial score (nSPS) is 12.0. The van der Waals surface area contributed by atoms with Gasteiger partial charge < -0.3 is 23.9 Å². The van der Waals surface area contributed by atoms with E-state index in [4.69, 9.17) is 18.6 Å². The fourth-order valence-electron chi connectivity index (χ4n) is 3.35. The maximum absolute atomic E-state index is 12.7. The smallest absolute Gasteiger partial charge is 0.339 e. The van der Waals surface area contributed by atoms with E-state index < -0.39 is 18.5 Å². The maximum atomic E-state index is 12.7. The van der Waals surface area contributed by atoms with Crippen molar-refractivity contribution < 1.29 is 28.2 Å². The number of benzene rings is 3. The van der Waals surface area contributed by atoms with Gasteiger partial charge in [0.15, 0.2) is 23.7 Å². The van der Waals surface area contributed by atoms with Crippen LogP contribution in [0.1, 0.15) is 15.9 Å². The number of carbonyl (C=O) groups excluding carboxylic acids is 2. The Bertz CT molecular complexity index is 1280. The number of hydrogen-bond acceptors (Lipinski definition) is 7. The van der Waals surface area contributed by atoms with Crippen LogP contribution >= 0.6 is 0 Å². The molecule has 0 atom stereocenters. The largest absolute Gasteiger partial charge is 0.454 e. The number of esters is 1. The molecular formula is C24H18N2O6. The van der Waals surface area contributed by atoms with Gasteiger partial charge in [-0.25, -0.2) is 9.78 Å². The monoisotopic (exact) mass is 430 g/mol. The highest BCUT2D eigenvalue weighted by atomic mass is 16.7. The number of carbonyl (C=O) groups is 2. The van der Waals surface area contributed by atoms with Crippen LogP contribution in [-0.4, -0.2) is 30.3 Å². The molecule has 8 heteroatoms. The van der Waals surface area contributed by atoms with Crippen molar-refractivity contribution in [2.75, 3.05) is 13.4 Å². The van der Waals surface area contributed by atoms with Crippen LogP contribution in [0, 0.1) is 0 Å². The third-order valence-corrected chi connectivity index (χ3v) is 4.93. The maximum Gasteiger partial charge on any atom is 0.339 e. The molecule has 0 aliphatic carbocycles. The molecule has 0 saturated heterocycles. The molecule has 0 unspecified atom stereocenters. The van der Waals surface area contributed by atoms with Gasteiger partial charge in [0.05, 0.1) is 11.1 Å². The lowest BCUT2D eigenvalue weighted by Gasteiger charge is -2.09. The summed E-state index contributed by atoms with van der Waals surface area (Å²) < 4.78 is 21.6. The summed E-state index contributed by atoms with van der Waals surface area (Å²) >= 11 is 0. The highest BCUT2D eigenvalue weighted by Crippen LogP contribution is 2.32. The third kappa shape index (κ3) is 3.98. The Labute approximate surface area is 182 Å². The molecule has 0 saturated carbocycles. The van der Waals surface area contributed by atoms with Gasteiger partial charge in [0.25, 0.3) is 5.91 Å². The first-order valence-corrected chi connectivity index (χ1v) is 9.95. The van der Waals surface area contributed by atoms with E-state index >= 15 is 0 Å². The molecule has 1 aliphatic rings. The predicted octanol–water partition coefficient (Wildman–Crippen LogP) is 3.70. The summed E-state index contributed by atoms with van der Waals surface area (Å²) in [5.74, 6) is 0.563. The number of fused-ring (bicyclic) bond motifs is 2. The van der Waals surface area contributed by atoms with E-state index in [-0.39, 0.29) is 18.9 Å². The van der Waals surface area contributed by atoms with Crippen LogP contribution in [0.25, 0.3) is 22.6 Å². The van der Waals surface area contributed by atoms with E-state index in [1.54, 1.807) is 42.5 Å². The summed E-state index contributed by atoms with van der Waals surface area (Å²) in [6, 6.07) is 19.6. The minimum absolute atomic E-state index is 0.187. The Kier molecular flexibility index (Phi) is 5.17. The van der Waals surface area contributed by atoms with Crippen molar-refractivity contribution in [3.8, 4) is 23.0 Å². The Morgan fingerprint density at radius 2 is 1.78 bits per heavy atom. The lowest BCUT2D eigenvalue weighted by Crippen LogP contribution is -2.28. The Morgan fingerprint density at radius 1 is 0.969 bits per heavy atom. The second-order valence-corrected chi connectivity index (χ2v) is 7.07. The molecule has 3 aromatic carbocycles. The van der Waals surface area contributed by atoms with Gasteiger partial charge in [-0.2, -0.15) is 0 Å². The Hall–Kier alpha value is -4.33. The number of oxazole rings is 1. The molecule has 1 aliphatic heterocycles. The molecule has 8 nitrogen and oxygen atoms in total. The van der Waals surface area contributed by atoms with E-state index in [2.05, 4.69) is 10.3 Å². The molecule has 0 bridgehead atoms. The number of rotatable bonds is 6. The first kappa shape index (κ1) is 19.6. The molecule has 32 heavy (non-hydrogen) atoms. The topological polar surface area (TPSA) is 99.9 Å².